The Hall–Kier alpha value is -0.290. The van der Waals surface area contributed by atoms with E-state index in [4.69, 9.17) is 0 Å². The van der Waals surface area contributed by atoms with Crippen LogP contribution in [0.2, 0.25) is 0 Å². The van der Waals surface area contributed by atoms with Crippen molar-refractivity contribution in [3.63, 3.8) is 0 Å². The average molecular weight is 157 g/mol. The fourth-order valence-corrected chi connectivity index (χ4v) is 0.285. The number of hydrogen-bond donors (Lipinski definition) is 0. The predicted molar refractivity (Wildman–Crippen MR) is 28.2 cm³/mol. The van der Waals surface area contributed by atoms with Crippen LogP contribution < -0.4 is 0 Å². The summed E-state index contributed by atoms with van der Waals surface area (Å²) in [5.41, 5.74) is 0. The predicted octanol–water partition coefficient (Wildman–Crippen LogP) is 1.37. The van der Waals surface area contributed by atoms with E-state index in [0.29, 0.717) is 0 Å². The molecule has 0 rings (SSSR count). The molecule has 0 unspecified atom stereocenters. The van der Waals surface area contributed by atoms with E-state index in [2.05, 4.69) is 9.47 Å². The molecule has 5 heteroatoms. The summed E-state index contributed by atoms with van der Waals surface area (Å²) in [6.07, 6.45) is -4.35. The Labute approximate surface area is 56.9 Å². The molecule has 0 saturated carbocycles. The Bertz CT molecular complexity index is 81.5. The van der Waals surface area contributed by atoms with E-state index in [1.807, 2.05) is 0 Å². The minimum atomic E-state index is -4.35. The lowest BCUT2D eigenvalue weighted by molar-refractivity contribution is -0.139. The molecule has 0 saturated heterocycles. The fourth-order valence-electron chi connectivity index (χ4n) is 0.285. The van der Waals surface area contributed by atoms with Gasteiger partial charge in [0.05, 0.1) is 13.2 Å². The molecule has 0 heterocycles. The molecule has 2 nitrogen and oxygen atoms in total. The molecule has 0 amide bonds. The first-order valence-electron chi connectivity index (χ1n) is 2.58. The molecule has 0 fully saturated rings. The Balaban J connectivity index is 3.04. The lowest BCUT2D eigenvalue weighted by atomic mass is 10.7. The van der Waals surface area contributed by atoms with Crippen LogP contribution >= 0.6 is 0 Å². The topological polar surface area (TPSA) is 18.5 Å². The van der Waals surface area contributed by atoms with Gasteiger partial charge in [0.15, 0.2) is 6.61 Å². The van der Waals surface area contributed by atoms with Gasteiger partial charge in [0.2, 0.25) is 0 Å². The fraction of sp³-hybridized carbons (Fsp3) is 0.800. The Morgan fingerprint density at radius 1 is 1.30 bits per heavy atom. The third-order valence-electron chi connectivity index (χ3n) is 0.622. The Kier molecular flexibility index (Phi) is 4.38. The van der Waals surface area contributed by atoms with Crippen molar-refractivity contribution in [1.82, 2.24) is 0 Å². The summed E-state index contributed by atoms with van der Waals surface area (Å²) < 4.78 is 42.3. The number of hydrogen-bond acceptors (Lipinski definition) is 2. The molecule has 1 radical (unpaired) electrons. The second kappa shape index (κ2) is 4.51. The highest BCUT2D eigenvalue weighted by Gasteiger charge is 2.28. The quantitative estimate of drug-likeness (QED) is 0.574. The average Bonchev–Trinajstić information content (AvgIpc) is 1.78. The molecule has 61 valence electrons. The van der Waals surface area contributed by atoms with Crippen LogP contribution in [0.1, 0.15) is 0 Å². The molecule has 0 N–H and O–H groups in total. The standard InChI is InChI=1S/C5H8F3O2/c1-9-2-3-10-4-5(6,7)8/h4H,2-3H2,1H3. The van der Waals surface area contributed by atoms with E-state index in [1.54, 1.807) is 0 Å². The lowest BCUT2D eigenvalue weighted by Gasteiger charge is -2.04. The molecule has 0 aromatic carbocycles. The minimum Gasteiger partial charge on any atom is -0.382 e. The first-order valence-corrected chi connectivity index (χ1v) is 2.58. The first-order chi connectivity index (χ1) is 4.56. The second-order valence-corrected chi connectivity index (χ2v) is 1.52. The van der Waals surface area contributed by atoms with Crippen LogP contribution in [0.25, 0.3) is 0 Å². The van der Waals surface area contributed by atoms with E-state index in [9.17, 15) is 13.2 Å². The highest BCUT2D eigenvalue weighted by molar-refractivity contribution is 4.61. The van der Waals surface area contributed by atoms with Crippen LogP contribution in [0.3, 0.4) is 0 Å². The summed E-state index contributed by atoms with van der Waals surface area (Å²) in [4.78, 5) is 0. The van der Waals surface area contributed by atoms with E-state index in [-0.39, 0.29) is 19.8 Å². The van der Waals surface area contributed by atoms with Gasteiger partial charge < -0.3 is 9.47 Å². The number of rotatable bonds is 4. The van der Waals surface area contributed by atoms with Gasteiger partial charge in [0.1, 0.15) is 0 Å². The number of halogens is 3. The van der Waals surface area contributed by atoms with Crippen LogP contribution in [-0.2, 0) is 9.47 Å². The van der Waals surface area contributed by atoms with Crippen LogP contribution in [0.15, 0.2) is 0 Å². The summed E-state index contributed by atoms with van der Waals surface area (Å²) >= 11 is 0. The van der Waals surface area contributed by atoms with Crippen molar-refractivity contribution in [2.24, 2.45) is 0 Å². The van der Waals surface area contributed by atoms with Gasteiger partial charge in [0, 0.05) is 7.11 Å². The molecule has 0 aliphatic heterocycles. The van der Waals surface area contributed by atoms with E-state index in [1.165, 1.54) is 7.11 Å². The smallest absolute Gasteiger partial charge is 0.382 e. The SMILES string of the molecule is COCCO[CH]C(F)(F)F. The van der Waals surface area contributed by atoms with Gasteiger partial charge in [-0.1, -0.05) is 0 Å². The van der Waals surface area contributed by atoms with Crippen molar-refractivity contribution in [1.29, 1.82) is 0 Å². The van der Waals surface area contributed by atoms with Crippen molar-refractivity contribution in [3.05, 3.63) is 6.61 Å². The molecule has 0 spiro atoms. The molecule has 0 aliphatic rings. The summed E-state index contributed by atoms with van der Waals surface area (Å²) in [7, 11) is 1.39. The van der Waals surface area contributed by atoms with Crippen LogP contribution in [0.5, 0.6) is 0 Å². The second-order valence-electron chi connectivity index (χ2n) is 1.52. The van der Waals surface area contributed by atoms with Crippen LogP contribution in [0, 0.1) is 6.61 Å². The zero-order chi connectivity index (χ0) is 8.04. The maximum absolute atomic E-state index is 11.3. The zero-order valence-electron chi connectivity index (χ0n) is 5.44. The molecule has 10 heavy (non-hydrogen) atoms. The van der Waals surface area contributed by atoms with Crippen molar-refractivity contribution >= 4 is 0 Å². The molecular weight excluding hydrogens is 149 g/mol. The van der Waals surface area contributed by atoms with Crippen LogP contribution in [-0.4, -0.2) is 26.5 Å². The third-order valence-corrected chi connectivity index (χ3v) is 0.622. The molecule has 0 bridgehead atoms. The summed E-state index contributed by atoms with van der Waals surface area (Å²) in [6.45, 7) is -0.0748. The number of alkyl halides is 3. The summed E-state index contributed by atoms with van der Waals surface area (Å²) in [6, 6.07) is 0. The van der Waals surface area contributed by atoms with Gasteiger partial charge in [0.25, 0.3) is 0 Å². The summed E-state index contributed by atoms with van der Waals surface area (Å²) in [5, 5.41) is 0. The van der Waals surface area contributed by atoms with Crippen molar-refractivity contribution in [3.8, 4) is 0 Å². The van der Waals surface area contributed by atoms with Crippen LogP contribution in [0.4, 0.5) is 13.2 Å². The first kappa shape index (κ1) is 9.71. The highest BCUT2D eigenvalue weighted by Crippen LogP contribution is 2.18. The normalized spacial score (nSPS) is 12.0. The molecule has 0 aliphatic carbocycles. The van der Waals surface area contributed by atoms with E-state index >= 15 is 0 Å². The minimum absolute atomic E-state index is 0.0734. The van der Waals surface area contributed by atoms with Gasteiger partial charge in [-0.05, 0) is 0 Å². The lowest BCUT2D eigenvalue weighted by Crippen LogP contribution is -2.12. The number of methoxy groups -OCH3 is 1. The zero-order valence-corrected chi connectivity index (χ0v) is 5.44. The van der Waals surface area contributed by atoms with E-state index < -0.39 is 6.18 Å². The monoisotopic (exact) mass is 157 g/mol. The van der Waals surface area contributed by atoms with Crippen molar-refractivity contribution < 1.29 is 22.6 Å². The van der Waals surface area contributed by atoms with Gasteiger partial charge in [-0.25, -0.2) is 0 Å². The van der Waals surface area contributed by atoms with Gasteiger partial charge >= 0.3 is 6.18 Å². The third kappa shape index (κ3) is 7.71. The highest BCUT2D eigenvalue weighted by atomic mass is 19.4. The van der Waals surface area contributed by atoms with E-state index in [0.717, 1.165) is 0 Å². The van der Waals surface area contributed by atoms with Gasteiger partial charge in [-0.15, -0.1) is 0 Å². The Morgan fingerprint density at radius 3 is 2.30 bits per heavy atom. The van der Waals surface area contributed by atoms with Crippen molar-refractivity contribution in [2.45, 2.75) is 6.18 Å². The van der Waals surface area contributed by atoms with Gasteiger partial charge in [-0.2, -0.15) is 13.2 Å². The van der Waals surface area contributed by atoms with Gasteiger partial charge in [-0.3, -0.25) is 0 Å². The molecular formula is C5H8F3O2. The largest absolute Gasteiger partial charge is 0.417 e. The van der Waals surface area contributed by atoms with Crippen molar-refractivity contribution in [2.75, 3.05) is 20.3 Å². The number of ether oxygens (including phenoxy) is 2. The maximum Gasteiger partial charge on any atom is 0.417 e. The molecule has 0 atom stereocenters. The summed E-state index contributed by atoms with van der Waals surface area (Å²) in [5.74, 6) is 0. The Morgan fingerprint density at radius 2 is 1.90 bits per heavy atom. The maximum atomic E-state index is 11.3. The molecule has 0 aromatic heterocycles. The molecule has 0 aromatic rings.